The third kappa shape index (κ3) is 5.07. The van der Waals surface area contributed by atoms with Crippen molar-refractivity contribution in [3.63, 3.8) is 0 Å². The van der Waals surface area contributed by atoms with Crippen molar-refractivity contribution in [2.45, 2.75) is 27.2 Å². The lowest BCUT2D eigenvalue weighted by atomic mass is 10.1. The molecule has 1 aromatic rings. The van der Waals surface area contributed by atoms with Crippen LogP contribution in [0.4, 0.5) is 5.82 Å². The predicted octanol–water partition coefficient (Wildman–Crippen LogP) is 3.36. The minimum absolute atomic E-state index is 0.531. The second-order valence-electron chi connectivity index (χ2n) is 4.86. The highest BCUT2D eigenvalue weighted by Crippen LogP contribution is 2.22. The molecular weight excluding hydrogens is 246 g/mol. The molecule has 0 aliphatic carbocycles. The number of halogens is 1. The number of pyridine rings is 1. The van der Waals surface area contributed by atoms with Gasteiger partial charge in [-0.15, -0.1) is 0 Å². The molecule has 0 aliphatic heterocycles. The van der Waals surface area contributed by atoms with Crippen LogP contribution < -0.4 is 11.1 Å². The Bertz CT molecular complexity index is 414. The second-order valence-corrected chi connectivity index (χ2v) is 5.30. The van der Waals surface area contributed by atoms with Crippen LogP contribution in [0.1, 0.15) is 32.8 Å². The molecule has 0 atom stereocenters. The lowest BCUT2D eigenvalue weighted by Gasteiger charge is -2.07. The molecule has 0 amide bonds. The van der Waals surface area contributed by atoms with Crippen molar-refractivity contribution in [2.24, 2.45) is 5.92 Å². The van der Waals surface area contributed by atoms with E-state index in [0.29, 0.717) is 16.8 Å². The Balaban J connectivity index is 2.52. The molecule has 100 valence electrons. The number of nitrogen functional groups attached to an aromatic ring is 1. The number of hydrogen-bond donors (Lipinski definition) is 2. The first-order valence-electron chi connectivity index (χ1n) is 6.29. The van der Waals surface area contributed by atoms with Crippen LogP contribution in [0.3, 0.4) is 0 Å². The van der Waals surface area contributed by atoms with Gasteiger partial charge in [-0.1, -0.05) is 31.5 Å². The summed E-state index contributed by atoms with van der Waals surface area (Å²) in [4.78, 5) is 4.06. The number of aromatic nitrogens is 1. The molecule has 0 saturated carbocycles. The van der Waals surface area contributed by atoms with Gasteiger partial charge in [-0.3, -0.25) is 0 Å². The van der Waals surface area contributed by atoms with Gasteiger partial charge >= 0.3 is 0 Å². The fraction of sp³-hybridized carbons (Fsp3) is 0.500. The first-order chi connectivity index (χ1) is 8.50. The van der Waals surface area contributed by atoms with Gasteiger partial charge in [0.25, 0.3) is 0 Å². The first-order valence-corrected chi connectivity index (χ1v) is 6.67. The van der Waals surface area contributed by atoms with Crippen molar-refractivity contribution < 1.29 is 0 Å². The van der Waals surface area contributed by atoms with Gasteiger partial charge in [-0.2, -0.15) is 0 Å². The Morgan fingerprint density at radius 1 is 1.56 bits per heavy atom. The maximum absolute atomic E-state index is 5.92. The summed E-state index contributed by atoms with van der Waals surface area (Å²) >= 11 is 5.92. The molecule has 0 spiro atoms. The zero-order chi connectivity index (χ0) is 13.5. The maximum atomic E-state index is 5.92. The van der Waals surface area contributed by atoms with Crippen LogP contribution in [0.25, 0.3) is 5.57 Å². The average molecular weight is 268 g/mol. The van der Waals surface area contributed by atoms with E-state index >= 15 is 0 Å². The third-order valence-electron chi connectivity index (χ3n) is 2.63. The fourth-order valence-corrected chi connectivity index (χ4v) is 1.82. The zero-order valence-corrected chi connectivity index (χ0v) is 12.1. The van der Waals surface area contributed by atoms with Crippen LogP contribution in [0, 0.1) is 5.92 Å². The van der Waals surface area contributed by atoms with Gasteiger partial charge in [0, 0.05) is 11.8 Å². The largest absolute Gasteiger partial charge is 0.383 e. The van der Waals surface area contributed by atoms with Crippen molar-refractivity contribution >= 4 is 23.0 Å². The molecule has 0 aromatic carbocycles. The minimum atomic E-state index is 0.531. The monoisotopic (exact) mass is 267 g/mol. The van der Waals surface area contributed by atoms with E-state index in [9.17, 15) is 0 Å². The van der Waals surface area contributed by atoms with Gasteiger partial charge in [0.2, 0.25) is 0 Å². The van der Waals surface area contributed by atoms with Crippen molar-refractivity contribution in [1.29, 1.82) is 0 Å². The van der Waals surface area contributed by atoms with Gasteiger partial charge in [-0.05, 0) is 44.0 Å². The number of anilines is 1. The first kappa shape index (κ1) is 15.0. The molecule has 4 heteroatoms. The van der Waals surface area contributed by atoms with E-state index in [-0.39, 0.29) is 0 Å². The third-order valence-corrected chi connectivity index (χ3v) is 2.84. The van der Waals surface area contributed by atoms with E-state index in [2.05, 4.69) is 30.2 Å². The van der Waals surface area contributed by atoms with E-state index in [4.69, 9.17) is 17.3 Å². The molecule has 1 heterocycles. The molecular formula is C14H22ClN3. The summed E-state index contributed by atoms with van der Waals surface area (Å²) in [7, 11) is 0. The summed E-state index contributed by atoms with van der Waals surface area (Å²) in [5.41, 5.74) is 7.88. The summed E-state index contributed by atoms with van der Waals surface area (Å²) in [6, 6.07) is 1.86. The molecule has 0 saturated heterocycles. The Morgan fingerprint density at radius 3 is 2.94 bits per heavy atom. The van der Waals surface area contributed by atoms with Crippen LogP contribution in [0.2, 0.25) is 5.02 Å². The summed E-state index contributed by atoms with van der Waals surface area (Å²) in [5.74, 6) is 1.21. The van der Waals surface area contributed by atoms with Crippen LogP contribution in [0.5, 0.6) is 0 Å². The highest BCUT2D eigenvalue weighted by Gasteiger charge is 2.03. The highest BCUT2D eigenvalue weighted by atomic mass is 35.5. The number of nitrogens with zero attached hydrogens (tertiary/aromatic N) is 1. The molecule has 0 fully saturated rings. The molecule has 1 rings (SSSR count). The van der Waals surface area contributed by atoms with Gasteiger partial charge in [-0.25, -0.2) is 4.98 Å². The molecule has 1 aromatic heterocycles. The Labute approximate surface area is 114 Å². The molecule has 0 unspecified atom stereocenters. The van der Waals surface area contributed by atoms with Gasteiger partial charge in [0.15, 0.2) is 0 Å². The average Bonchev–Trinajstić information content (AvgIpc) is 2.31. The molecule has 18 heavy (non-hydrogen) atoms. The van der Waals surface area contributed by atoms with Crippen LogP contribution in [-0.4, -0.2) is 18.1 Å². The molecule has 3 N–H and O–H groups in total. The maximum Gasteiger partial charge on any atom is 0.130 e. The second kappa shape index (κ2) is 7.39. The number of nitrogens with two attached hydrogens (primary N) is 1. The topological polar surface area (TPSA) is 50.9 Å². The number of hydrogen-bond acceptors (Lipinski definition) is 3. The zero-order valence-electron chi connectivity index (χ0n) is 11.3. The summed E-state index contributed by atoms with van der Waals surface area (Å²) in [5, 5.41) is 4.02. The van der Waals surface area contributed by atoms with E-state index in [0.717, 1.165) is 30.6 Å². The molecule has 0 bridgehead atoms. The van der Waals surface area contributed by atoms with E-state index in [1.807, 2.05) is 13.0 Å². The number of rotatable bonds is 6. The molecule has 0 radical (unpaired) electrons. The quantitative estimate of drug-likeness (QED) is 0.777. The van der Waals surface area contributed by atoms with Crippen LogP contribution in [-0.2, 0) is 0 Å². The van der Waals surface area contributed by atoms with Crippen LogP contribution >= 0.6 is 11.6 Å². The van der Waals surface area contributed by atoms with Crippen molar-refractivity contribution in [1.82, 2.24) is 10.3 Å². The Hall–Kier alpha value is -1.06. The Morgan fingerprint density at radius 2 is 2.28 bits per heavy atom. The van der Waals surface area contributed by atoms with Gasteiger partial charge in [0.1, 0.15) is 5.82 Å². The highest BCUT2D eigenvalue weighted by molar-refractivity contribution is 6.30. The van der Waals surface area contributed by atoms with Gasteiger partial charge < -0.3 is 11.1 Å². The van der Waals surface area contributed by atoms with Crippen molar-refractivity contribution in [3.05, 3.63) is 28.9 Å². The van der Waals surface area contributed by atoms with Gasteiger partial charge in [0.05, 0.1) is 5.02 Å². The fourth-order valence-electron chi connectivity index (χ4n) is 1.66. The van der Waals surface area contributed by atoms with Crippen molar-refractivity contribution in [2.75, 3.05) is 18.8 Å². The predicted molar refractivity (Wildman–Crippen MR) is 79.6 cm³/mol. The molecule has 3 nitrogen and oxygen atoms in total. The lowest BCUT2D eigenvalue weighted by molar-refractivity contribution is 0.557. The molecule has 0 aliphatic rings. The number of allylic oxidation sites excluding steroid dienone is 1. The van der Waals surface area contributed by atoms with E-state index in [1.54, 1.807) is 6.20 Å². The normalized spacial score (nSPS) is 12.2. The number of nitrogens with one attached hydrogen (secondary N) is 1. The summed E-state index contributed by atoms with van der Waals surface area (Å²) in [6.45, 7) is 8.46. The smallest absolute Gasteiger partial charge is 0.130 e. The van der Waals surface area contributed by atoms with E-state index < -0.39 is 0 Å². The minimum Gasteiger partial charge on any atom is -0.383 e. The van der Waals surface area contributed by atoms with Crippen molar-refractivity contribution in [3.8, 4) is 0 Å². The SMILES string of the molecule is CC(=CCCNCC(C)C)c1cc(Cl)cnc1N. The Kier molecular flexibility index (Phi) is 6.16. The standard InChI is InChI=1S/C14H22ClN3/c1-10(2)8-17-6-4-5-11(3)13-7-12(15)9-18-14(13)16/h5,7,9-10,17H,4,6,8H2,1-3H3,(H2,16,18). The summed E-state index contributed by atoms with van der Waals surface area (Å²) in [6.07, 6.45) is 4.71. The van der Waals surface area contributed by atoms with Crippen LogP contribution in [0.15, 0.2) is 18.3 Å². The van der Waals surface area contributed by atoms with E-state index in [1.165, 1.54) is 0 Å². The summed E-state index contributed by atoms with van der Waals surface area (Å²) < 4.78 is 0. The lowest BCUT2D eigenvalue weighted by Crippen LogP contribution is -2.20.